The number of fused-ring (bicyclic) bond motifs is 1. The third-order valence-corrected chi connectivity index (χ3v) is 4.07. The SMILES string of the molecule is COC(=O)C1CCC2CCCCC2C1. The van der Waals surface area contributed by atoms with Crippen molar-refractivity contribution in [1.29, 1.82) is 0 Å². The van der Waals surface area contributed by atoms with E-state index in [4.69, 9.17) is 4.74 Å². The molecule has 80 valence electrons. The van der Waals surface area contributed by atoms with E-state index in [1.54, 1.807) is 0 Å². The van der Waals surface area contributed by atoms with Gasteiger partial charge in [-0.1, -0.05) is 25.7 Å². The lowest BCUT2D eigenvalue weighted by molar-refractivity contribution is -0.147. The van der Waals surface area contributed by atoms with E-state index in [0.717, 1.165) is 24.7 Å². The van der Waals surface area contributed by atoms with Crippen LogP contribution in [0.4, 0.5) is 0 Å². The Bertz CT molecular complexity index is 212. The molecule has 0 radical (unpaired) electrons. The molecule has 14 heavy (non-hydrogen) atoms. The average Bonchev–Trinajstić information content (AvgIpc) is 2.27. The van der Waals surface area contributed by atoms with Gasteiger partial charge in [0.15, 0.2) is 0 Å². The maximum Gasteiger partial charge on any atom is 0.308 e. The van der Waals surface area contributed by atoms with Crippen molar-refractivity contribution < 1.29 is 9.53 Å². The first-order chi connectivity index (χ1) is 6.81. The van der Waals surface area contributed by atoms with Gasteiger partial charge in [-0.3, -0.25) is 4.79 Å². The van der Waals surface area contributed by atoms with Gasteiger partial charge in [0.25, 0.3) is 0 Å². The summed E-state index contributed by atoms with van der Waals surface area (Å²) < 4.78 is 4.83. The van der Waals surface area contributed by atoms with E-state index in [0.29, 0.717) is 0 Å². The molecule has 3 unspecified atom stereocenters. The van der Waals surface area contributed by atoms with E-state index in [1.807, 2.05) is 0 Å². The lowest BCUT2D eigenvalue weighted by Crippen LogP contribution is -2.31. The van der Waals surface area contributed by atoms with Gasteiger partial charge < -0.3 is 4.74 Å². The topological polar surface area (TPSA) is 26.3 Å². The zero-order chi connectivity index (χ0) is 9.97. The molecule has 2 aliphatic rings. The van der Waals surface area contributed by atoms with Crippen LogP contribution in [0, 0.1) is 17.8 Å². The van der Waals surface area contributed by atoms with Crippen molar-refractivity contribution in [2.45, 2.75) is 44.9 Å². The van der Waals surface area contributed by atoms with Crippen LogP contribution >= 0.6 is 0 Å². The van der Waals surface area contributed by atoms with Gasteiger partial charge in [-0.15, -0.1) is 0 Å². The molecule has 0 saturated heterocycles. The molecular formula is C12H20O2. The first-order valence-corrected chi connectivity index (χ1v) is 5.89. The second-order valence-corrected chi connectivity index (χ2v) is 4.84. The van der Waals surface area contributed by atoms with Crippen LogP contribution in [0.25, 0.3) is 0 Å². The van der Waals surface area contributed by atoms with Gasteiger partial charge in [-0.25, -0.2) is 0 Å². The summed E-state index contributed by atoms with van der Waals surface area (Å²) in [6, 6.07) is 0. The minimum atomic E-state index is 0.0222. The van der Waals surface area contributed by atoms with E-state index >= 15 is 0 Å². The Balaban J connectivity index is 1.92. The molecule has 0 N–H and O–H groups in total. The molecule has 2 heteroatoms. The molecule has 2 nitrogen and oxygen atoms in total. The Labute approximate surface area is 86.0 Å². The highest BCUT2D eigenvalue weighted by Crippen LogP contribution is 2.42. The Kier molecular flexibility index (Phi) is 3.09. The van der Waals surface area contributed by atoms with E-state index in [2.05, 4.69) is 0 Å². The van der Waals surface area contributed by atoms with Gasteiger partial charge in [0.05, 0.1) is 13.0 Å². The van der Waals surface area contributed by atoms with Crippen molar-refractivity contribution in [3.63, 3.8) is 0 Å². The Morgan fingerprint density at radius 1 is 1.07 bits per heavy atom. The normalized spacial score (nSPS) is 37.4. The van der Waals surface area contributed by atoms with Crippen LogP contribution in [0.2, 0.25) is 0 Å². The van der Waals surface area contributed by atoms with Gasteiger partial charge in [0.1, 0.15) is 0 Å². The molecular weight excluding hydrogens is 176 g/mol. The van der Waals surface area contributed by atoms with Gasteiger partial charge >= 0.3 is 5.97 Å². The maximum atomic E-state index is 11.4. The molecule has 0 amide bonds. The van der Waals surface area contributed by atoms with Crippen LogP contribution in [0.5, 0.6) is 0 Å². The standard InChI is InChI=1S/C12H20O2/c1-14-12(13)11-7-6-9-4-2-3-5-10(9)8-11/h9-11H,2-8H2,1H3. The summed E-state index contributed by atoms with van der Waals surface area (Å²) in [5.41, 5.74) is 0. The van der Waals surface area contributed by atoms with Crippen molar-refractivity contribution in [3.8, 4) is 0 Å². The van der Waals surface area contributed by atoms with E-state index in [9.17, 15) is 4.79 Å². The largest absolute Gasteiger partial charge is 0.469 e. The van der Waals surface area contributed by atoms with Gasteiger partial charge in [-0.05, 0) is 31.1 Å². The monoisotopic (exact) mass is 196 g/mol. The summed E-state index contributed by atoms with van der Waals surface area (Å²) in [6.07, 6.45) is 8.94. The molecule has 2 rings (SSSR count). The fourth-order valence-electron chi connectivity index (χ4n) is 3.25. The maximum absolute atomic E-state index is 11.4. The molecule has 0 aromatic rings. The summed E-state index contributed by atoms with van der Waals surface area (Å²) >= 11 is 0. The van der Waals surface area contributed by atoms with Gasteiger partial charge in [-0.2, -0.15) is 0 Å². The molecule has 2 aliphatic carbocycles. The number of carbonyl (C=O) groups excluding carboxylic acids is 1. The third-order valence-electron chi connectivity index (χ3n) is 4.07. The number of hydrogen-bond donors (Lipinski definition) is 0. The molecule has 2 fully saturated rings. The summed E-state index contributed by atoms with van der Waals surface area (Å²) in [5, 5.41) is 0. The number of ether oxygens (including phenoxy) is 1. The van der Waals surface area contributed by atoms with E-state index < -0.39 is 0 Å². The van der Waals surface area contributed by atoms with Crippen molar-refractivity contribution in [3.05, 3.63) is 0 Å². The molecule has 0 spiro atoms. The lowest BCUT2D eigenvalue weighted by Gasteiger charge is -2.38. The average molecular weight is 196 g/mol. The van der Waals surface area contributed by atoms with Crippen LogP contribution in [0.3, 0.4) is 0 Å². The minimum Gasteiger partial charge on any atom is -0.469 e. The molecule has 0 aliphatic heterocycles. The molecule has 2 saturated carbocycles. The smallest absolute Gasteiger partial charge is 0.308 e. The molecule has 0 aromatic heterocycles. The van der Waals surface area contributed by atoms with Crippen molar-refractivity contribution in [2.24, 2.45) is 17.8 Å². The summed E-state index contributed by atoms with van der Waals surface area (Å²) in [6.45, 7) is 0. The Hall–Kier alpha value is -0.530. The zero-order valence-corrected chi connectivity index (χ0v) is 9.00. The molecule has 0 heterocycles. The van der Waals surface area contributed by atoms with E-state index in [-0.39, 0.29) is 11.9 Å². The second-order valence-electron chi connectivity index (χ2n) is 4.84. The zero-order valence-electron chi connectivity index (χ0n) is 9.00. The first-order valence-electron chi connectivity index (χ1n) is 5.89. The fourth-order valence-corrected chi connectivity index (χ4v) is 3.25. The van der Waals surface area contributed by atoms with Crippen LogP contribution in [0.15, 0.2) is 0 Å². The predicted octanol–water partition coefficient (Wildman–Crippen LogP) is 2.77. The van der Waals surface area contributed by atoms with Crippen molar-refractivity contribution in [2.75, 3.05) is 7.11 Å². The first kappa shape index (κ1) is 10.0. The third kappa shape index (κ3) is 1.94. The highest BCUT2D eigenvalue weighted by Gasteiger charge is 2.35. The lowest BCUT2D eigenvalue weighted by atomic mass is 9.67. The van der Waals surface area contributed by atoms with Crippen LogP contribution in [-0.4, -0.2) is 13.1 Å². The summed E-state index contributed by atoms with van der Waals surface area (Å²) in [5.74, 6) is 1.97. The van der Waals surface area contributed by atoms with Gasteiger partial charge in [0.2, 0.25) is 0 Å². The van der Waals surface area contributed by atoms with Crippen molar-refractivity contribution in [1.82, 2.24) is 0 Å². The number of rotatable bonds is 1. The minimum absolute atomic E-state index is 0.0222. The van der Waals surface area contributed by atoms with Gasteiger partial charge in [0, 0.05) is 0 Å². The van der Waals surface area contributed by atoms with Crippen molar-refractivity contribution >= 4 is 5.97 Å². The summed E-state index contributed by atoms with van der Waals surface area (Å²) in [7, 11) is 1.51. The Morgan fingerprint density at radius 3 is 2.50 bits per heavy atom. The van der Waals surface area contributed by atoms with Crippen LogP contribution < -0.4 is 0 Å². The summed E-state index contributed by atoms with van der Waals surface area (Å²) in [4.78, 5) is 11.4. The van der Waals surface area contributed by atoms with Crippen LogP contribution in [-0.2, 0) is 9.53 Å². The fraction of sp³-hybridized carbons (Fsp3) is 0.917. The number of methoxy groups -OCH3 is 1. The highest BCUT2D eigenvalue weighted by molar-refractivity contribution is 5.72. The number of hydrogen-bond acceptors (Lipinski definition) is 2. The number of carbonyl (C=O) groups is 1. The highest BCUT2D eigenvalue weighted by atomic mass is 16.5. The molecule has 0 aromatic carbocycles. The molecule has 3 atom stereocenters. The second kappa shape index (κ2) is 4.33. The number of esters is 1. The van der Waals surface area contributed by atoms with E-state index in [1.165, 1.54) is 39.2 Å². The predicted molar refractivity (Wildman–Crippen MR) is 54.8 cm³/mol. The molecule has 0 bridgehead atoms. The quantitative estimate of drug-likeness (QED) is 0.603. The van der Waals surface area contributed by atoms with Crippen LogP contribution in [0.1, 0.15) is 44.9 Å². The Morgan fingerprint density at radius 2 is 1.79 bits per heavy atom.